The third-order valence-corrected chi connectivity index (χ3v) is 8.31. The summed E-state index contributed by atoms with van der Waals surface area (Å²) in [7, 11) is -3.49. The van der Waals surface area contributed by atoms with E-state index in [9.17, 15) is 17.6 Å². The molecule has 3 aromatic rings. The monoisotopic (exact) mass is 470 g/mol. The van der Waals surface area contributed by atoms with E-state index in [1.54, 1.807) is 36.4 Å². The fourth-order valence-corrected chi connectivity index (χ4v) is 6.03. The molecule has 32 heavy (non-hydrogen) atoms. The summed E-state index contributed by atoms with van der Waals surface area (Å²) in [6.07, 6.45) is 1.76. The molecule has 0 bridgehead atoms. The van der Waals surface area contributed by atoms with Gasteiger partial charge in [-0.1, -0.05) is 24.3 Å². The maximum Gasteiger partial charge on any atom is 0.256 e. The number of thioether (sulfide) groups is 1. The lowest BCUT2D eigenvalue weighted by molar-refractivity contribution is 0.102. The number of carbonyl (C=O) groups excluding carboxylic acids is 1. The average Bonchev–Trinajstić information content (AvgIpc) is 3.35. The van der Waals surface area contributed by atoms with Crippen LogP contribution in [0.2, 0.25) is 0 Å². The number of halogens is 1. The Morgan fingerprint density at radius 2 is 1.59 bits per heavy atom. The Hall–Kier alpha value is -2.68. The van der Waals surface area contributed by atoms with Crippen LogP contribution in [0.3, 0.4) is 0 Å². The zero-order valence-corrected chi connectivity index (χ0v) is 19.0. The van der Waals surface area contributed by atoms with Gasteiger partial charge in [0.2, 0.25) is 10.0 Å². The van der Waals surface area contributed by atoms with Crippen molar-refractivity contribution in [2.24, 2.45) is 0 Å². The zero-order chi connectivity index (χ0) is 22.6. The second-order valence-electron chi connectivity index (χ2n) is 7.50. The quantitative estimate of drug-likeness (QED) is 0.485. The van der Waals surface area contributed by atoms with Crippen molar-refractivity contribution < 1.29 is 17.6 Å². The van der Waals surface area contributed by atoms with Crippen LogP contribution in [0, 0.1) is 5.82 Å². The summed E-state index contributed by atoms with van der Waals surface area (Å²) in [6.45, 7) is 1.10. The van der Waals surface area contributed by atoms with Gasteiger partial charge in [0.15, 0.2) is 0 Å². The van der Waals surface area contributed by atoms with E-state index >= 15 is 0 Å². The number of hydrogen-bond acceptors (Lipinski definition) is 4. The van der Waals surface area contributed by atoms with E-state index < -0.39 is 10.0 Å². The van der Waals surface area contributed by atoms with Crippen LogP contribution in [0.1, 0.15) is 28.8 Å². The predicted molar refractivity (Wildman–Crippen MR) is 125 cm³/mol. The topological polar surface area (TPSA) is 66.5 Å². The van der Waals surface area contributed by atoms with E-state index in [1.807, 2.05) is 12.1 Å². The van der Waals surface area contributed by atoms with Crippen molar-refractivity contribution in [2.45, 2.75) is 28.4 Å². The maximum atomic E-state index is 13.1. The number of anilines is 1. The molecular formula is C24H23FN2O3S2. The van der Waals surface area contributed by atoms with Crippen molar-refractivity contribution in [3.05, 3.63) is 89.7 Å². The Labute approximate surface area is 191 Å². The summed E-state index contributed by atoms with van der Waals surface area (Å²) in [5.41, 5.74) is 2.00. The van der Waals surface area contributed by atoms with Crippen molar-refractivity contribution in [1.29, 1.82) is 0 Å². The van der Waals surface area contributed by atoms with Crippen LogP contribution in [0.25, 0.3) is 0 Å². The van der Waals surface area contributed by atoms with Crippen molar-refractivity contribution in [3.8, 4) is 0 Å². The van der Waals surface area contributed by atoms with E-state index in [0.717, 1.165) is 23.3 Å². The lowest BCUT2D eigenvalue weighted by Crippen LogP contribution is -2.27. The van der Waals surface area contributed by atoms with Gasteiger partial charge in [-0.15, -0.1) is 11.8 Å². The van der Waals surface area contributed by atoms with E-state index in [-0.39, 0.29) is 16.6 Å². The molecule has 1 saturated heterocycles. The lowest BCUT2D eigenvalue weighted by atomic mass is 10.2. The smallest absolute Gasteiger partial charge is 0.256 e. The fraction of sp³-hybridized carbons (Fsp3) is 0.208. The van der Waals surface area contributed by atoms with Gasteiger partial charge in [0, 0.05) is 29.4 Å². The molecule has 0 unspecified atom stereocenters. The van der Waals surface area contributed by atoms with E-state index in [1.165, 1.54) is 40.3 Å². The standard InChI is InChI=1S/C24H23FN2O3S2/c25-19-9-7-18(8-10-19)17-31-23-6-2-1-5-22(23)24(28)26-20-11-13-21(14-12-20)32(29,30)27-15-3-4-16-27/h1-2,5-14H,3-4,15-17H2,(H,26,28). The first-order valence-corrected chi connectivity index (χ1v) is 12.7. The highest BCUT2D eigenvalue weighted by molar-refractivity contribution is 7.98. The van der Waals surface area contributed by atoms with Gasteiger partial charge < -0.3 is 5.32 Å². The zero-order valence-electron chi connectivity index (χ0n) is 17.3. The largest absolute Gasteiger partial charge is 0.322 e. The number of sulfonamides is 1. The Morgan fingerprint density at radius 1 is 0.938 bits per heavy atom. The molecule has 1 aliphatic rings. The molecule has 1 heterocycles. The van der Waals surface area contributed by atoms with Crippen LogP contribution in [0.15, 0.2) is 82.6 Å². The van der Waals surface area contributed by atoms with Crippen LogP contribution < -0.4 is 5.32 Å². The number of amides is 1. The molecule has 1 amide bonds. The molecule has 4 rings (SSSR count). The third-order valence-electron chi connectivity index (χ3n) is 5.25. The Morgan fingerprint density at radius 3 is 2.28 bits per heavy atom. The highest BCUT2D eigenvalue weighted by Gasteiger charge is 2.27. The Balaban J connectivity index is 1.44. The summed E-state index contributed by atoms with van der Waals surface area (Å²) in [4.78, 5) is 13.9. The molecule has 0 radical (unpaired) electrons. The third kappa shape index (κ3) is 5.20. The van der Waals surface area contributed by atoms with Crippen molar-refractivity contribution in [3.63, 3.8) is 0 Å². The fourth-order valence-electron chi connectivity index (χ4n) is 3.51. The van der Waals surface area contributed by atoms with Gasteiger partial charge in [0.1, 0.15) is 5.82 Å². The summed E-state index contributed by atoms with van der Waals surface area (Å²) >= 11 is 1.50. The molecule has 3 aromatic carbocycles. The maximum absolute atomic E-state index is 13.1. The summed E-state index contributed by atoms with van der Waals surface area (Å²) in [5.74, 6) is 0.0494. The summed E-state index contributed by atoms with van der Waals surface area (Å²) < 4.78 is 39.9. The van der Waals surface area contributed by atoms with Gasteiger partial charge in [0.05, 0.1) is 10.5 Å². The molecule has 166 valence electrons. The lowest BCUT2D eigenvalue weighted by Gasteiger charge is -2.16. The number of hydrogen-bond donors (Lipinski definition) is 1. The van der Waals surface area contributed by atoms with Crippen molar-refractivity contribution >= 4 is 33.4 Å². The van der Waals surface area contributed by atoms with Crippen LogP contribution in [-0.2, 0) is 15.8 Å². The number of carbonyl (C=O) groups is 1. The summed E-state index contributed by atoms with van der Waals surface area (Å²) in [6, 6.07) is 19.8. The molecule has 1 fully saturated rings. The Bertz CT molecular complexity index is 1190. The van der Waals surface area contributed by atoms with E-state index in [4.69, 9.17) is 0 Å². The SMILES string of the molecule is O=C(Nc1ccc(S(=O)(=O)N2CCCC2)cc1)c1ccccc1SCc1ccc(F)cc1. The molecule has 1 aliphatic heterocycles. The number of nitrogens with zero attached hydrogens (tertiary/aromatic N) is 1. The van der Waals surface area contributed by atoms with E-state index in [2.05, 4.69) is 5.32 Å². The first kappa shape index (κ1) is 22.5. The van der Waals surface area contributed by atoms with Gasteiger partial charge in [-0.05, 0) is 66.9 Å². The van der Waals surface area contributed by atoms with Crippen molar-refractivity contribution in [2.75, 3.05) is 18.4 Å². The normalized spacial score (nSPS) is 14.4. The summed E-state index contributed by atoms with van der Waals surface area (Å²) in [5, 5.41) is 2.84. The number of nitrogens with one attached hydrogen (secondary N) is 1. The first-order chi connectivity index (χ1) is 15.4. The van der Waals surface area contributed by atoms with Crippen LogP contribution >= 0.6 is 11.8 Å². The van der Waals surface area contributed by atoms with Crippen molar-refractivity contribution in [1.82, 2.24) is 4.31 Å². The molecule has 8 heteroatoms. The van der Waals surface area contributed by atoms with Crippen LogP contribution in [-0.4, -0.2) is 31.7 Å². The van der Waals surface area contributed by atoms with Crippen LogP contribution in [0.4, 0.5) is 10.1 Å². The highest BCUT2D eigenvalue weighted by atomic mass is 32.2. The predicted octanol–water partition coefficient (Wildman–Crippen LogP) is 5.15. The van der Waals surface area contributed by atoms with Gasteiger partial charge in [-0.3, -0.25) is 4.79 Å². The molecule has 0 saturated carbocycles. The van der Waals surface area contributed by atoms with Gasteiger partial charge in [-0.25, -0.2) is 12.8 Å². The minimum Gasteiger partial charge on any atom is -0.322 e. The Kier molecular flexibility index (Phi) is 6.93. The van der Waals surface area contributed by atoms with Gasteiger partial charge in [-0.2, -0.15) is 4.31 Å². The second-order valence-corrected chi connectivity index (χ2v) is 10.5. The number of benzene rings is 3. The number of rotatable bonds is 7. The van der Waals surface area contributed by atoms with Crippen LogP contribution in [0.5, 0.6) is 0 Å². The minimum absolute atomic E-state index is 0.229. The second kappa shape index (κ2) is 9.85. The molecule has 0 aromatic heterocycles. The average molecular weight is 471 g/mol. The molecule has 0 spiro atoms. The molecule has 0 aliphatic carbocycles. The molecular weight excluding hydrogens is 447 g/mol. The molecule has 1 N–H and O–H groups in total. The first-order valence-electron chi connectivity index (χ1n) is 10.3. The highest BCUT2D eigenvalue weighted by Crippen LogP contribution is 2.28. The molecule has 0 atom stereocenters. The van der Waals surface area contributed by atoms with Gasteiger partial charge in [0.25, 0.3) is 5.91 Å². The van der Waals surface area contributed by atoms with E-state index in [0.29, 0.717) is 30.1 Å². The minimum atomic E-state index is -3.49. The molecule has 5 nitrogen and oxygen atoms in total. The van der Waals surface area contributed by atoms with Gasteiger partial charge >= 0.3 is 0 Å².